The van der Waals surface area contributed by atoms with E-state index < -0.39 is 7.82 Å². The first kappa shape index (κ1) is 28.8. The minimum Gasteiger partial charge on any atom is -0.746 e. The minimum absolute atomic E-state index is 0. The van der Waals surface area contributed by atoms with Gasteiger partial charge in [-0.1, -0.05) is 109 Å². The standard InChI is InChI=1S/C22H39O4P.K/c1-2-3-4-5-6-7-8-9-10-11-12-13-14-18-21-25-27(23,24)26-22-19-16-15-17-20-22;/h15-17,19-20H,2-14,18,21H2,1H3,(H,23,24);/q;+1/p-1. The fourth-order valence-corrected chi connectivity index (χ4v) is 3.90. The zero-order chi connectivity index (χ0) is 19.6. The van der Waals surface area contributed by atoms with Crippen LogP contribution in [0.3, 0.4) is 0 Å². The molecule has 1 aromatic carbocycles. The van der Waals surface area contributed by atoms with Crippen molar-refractivity contribution in [2.45, 2.75) is 96.8 Å². The first-order valence-corrected chi connectivity index (χ1v) is 12.3. The summed E-state index contributed by atoms with van der Waals surface area (Å²) in [5.41, 5.74) is 0. The van der Waals surface area contributed by atoms with Gasteiger partial charge in [0.15, 0.2) is 0 Å². The van der Waals surface area contributed by atoms with Crippen molar-refractivity contribution in [2.24, 2.45) is 0 Å². The van der Waals surface area contributed by atoms with Crippen LogP contribution in [0.2, 0.25) is 0 Å². The molecule has 1 unspecified atom stereocenters. The molecule has 0 aliphatic carbocycles. The van der Waals surface area contributed by atoms with E-state index in [0.29, 0.717) is 0 Å². The fourth-order valence-electron chi connectivity index (χ4n) is 3.11. The number of rotatable bonds is 18. The van der Waals surface area contributed by atoms with Gasteiger partial charge in [0.1, 0.15) is 5.75 Å². The predicted octanol–water partition coefficient (Wildman–Crippen LogP) is 4.04. The Labute approximate surface area is 215 Å². The molecule has 0 N–H and O–H groups in total. The molecule has 0 spiro atoms. The number of phosphoric acid groups is 1. The molecule has 6 heteroatoms. The summed E-state index contributed by atoms with van der Waals surface area (Å²) in [7, 11) is -4.25. The molecule has 1 atom stereocenters. The smallest absolute Gasteiger partial charge is 0.746 e. The molecule has 0 radical (unpaired) electrons. The number of benzene rings is 1. The number of hydrogen-bond donors (Lipinski definition) is 0. The van der Waals surface area contributed by atoms with Gasteiger partial charge in [-0.2, -0.15) is 0 Å². The Balaban J connectivity index is 0.00000729. The third-order valence-corrected chi connectivity index (χ3v) is 5.64. The number of hydrogen-bond acceptors (Lipinski definition) is 4. The Morgan fingerprint density at radius 3 is 1.64 bits per heavy atom. The molecule has 0 saturated carbocycles. The monoisotopic (exact) mass is 436 g/mol. The molecule has 0 fully saturated rings. The van der Waals surface area contributed by atoms with Crippen molar-refractivity contribution in [3.05, 3.63) is 30.3 Å². The third-order valence-electron chi connectivity index (χ3n) is 4.71. The van der Waals surface area contributed by atoms with E-state index >= 15 is 0 Å². The van der Waals surface area contributed by atoms with Crippen LogP contribution >= 0.6 is 7.82 Å². The summed E-state index contributed by atoms with van der Waals surface area (Å²) in [6.45, 7) is 2.46. The molecule has 0 bridgehead atoms. The van der Waals surface area contributed by atoms with Gasteiger partial charge in [0.25, 0.3) is 0 Å². The van der Waals surface area contributed by atoms with E-state index in [4.69, 9.17) is 9.05 Å². The molecule has 0 aromatic heterocycles. The summed E-state index contributed by atoms with van der Waals surface area (Å²) >= 11 is 0. The summed E-state index contributed by atoms with van der Waals surface area (Å²) in [6, 6.07) is 8.45. The van der Waals surface area contributed by atoms with Crippen LogP contribution in [0.1, 0.15) is 96.8 Å². The molecule has 156 valence electrons. The normalized spacial score (nSPS) is 12.9. The van der Waals surface area contributed by atoms with Crippen molar-refractivity contribution >= 4 is 7.82 Å². The zero-order valence-corrected chi connectivity index (χ0v) is 22.1. The maximum Gasteiger partial charge on any atom is 1.00 e. The van der Waals surface area contributed by atoms with E-state index in [1.165, 1.54) is 70.6 Å². The molecule has 1 rings (SSSR count). The summed E-state index contributed by atoms with van der Waals surface area (Å²) in [5.74, 6) is 0.289. The van der Waals surface area contributed by atoms with Crippen LogP contribution in [-0.4, -0.2) is 6.61 Å². The van der Waals surface area contributed by atoms with Gasteiger partial charge < -0.3 is 13.9 Å². The van der Waals surface area contributed by atoms with Crippen molar-refractivity contribution in [1.82, 2.24) is 0 Å². The van der Waals surface area contributed by atoms with E-state index in [1.807, 2.05) is 0 Å². The van der Waals surface area contributed by atoms with Gasteiger partial charge in [-0.25, -0.2) is 0 Å². The molecular weight excluding hydrogens is 398 g/mol. The van der Waals surface area contributed by atoms with Crippen LogP contribution in [0, 0.1) is 0 Å². The molecule has 0 aliphatic heterocycles. The Kier molecular flexibility index (Phi) is 20.3. The van der Waals surface area contributed by atoms with Crippen LogP contribution < -0.4 is 60.8 Å². The van der Waals surface area contributed by atoms with E-state index in [9.17, 15) is 9.46 Å². The van der Waals surface area contributed by atoms with Gasteiger partial charge in [0.2, 0.25) is 0 Å². The van der Waals surface area contributed by atoms with E-state index in [-0.39, 0.29) is 63.7 Å². The number of unbranched alkanes of at least 4 members (excludes halogenated alkanes) is 13. The SMILES string of the molecule is CCCCCCCCCCCCCCCCOP(=O)([O-])Oc1ccccc1.[K+]. The Bertz CT molecular complexity index is 499. The first-order chi connectivity index (χ1) is 13.1. The zero-order valence-electron chi connectivity index (χ0n) is 18.1. The fraction of sp³-hybridized carbons (Fsp3) is 0.727. The van der Waals surface area contributed by atoms with Gasteiger partial charge >= 0.3 is 59.2 Å². The second kappa shape index (κ2) is 19.8. The predicted molar refractivity (Wildman–Crippen MR) is 111 cm³/mol. The summed E-state index contributed by atoms with van der Waals surface area (Å²) in [6.07, 6.45) is 17.8. The van der Waals surface area contributed by atoms with Gasteiger partial charge in [0, 0.05) is 0 Å². The molecule has 4 nitrogen and oxygen atoms in total. The second-order valence-electron chi connectivity index (χ2n) is 7.28. The van der Waals surface area contributed by atoms with Crippen LogP contribution in [0.25, 0.3) is 0 Å². The quantitative estimate of drug-likeness (QED) is 0.198. The summed E-state index contributed by atoms with van der Waals surface area (Å²) < 4.78 is 21.5. The topological polar surface area (TPSA) is 58.6 Å². The average molecular weight is 437 g/mol. The van der Waals surface area contributed by atoms with Crippen molar-refractivity contribution in [2.75, 3.05) is 6.61 Å². The largest absolute Gasteiger partial charge is 1.00 e. The molecule has 0 aliphatic rings. The van der Waals surface area contributed by atoms with Crippen LogP contribution in [0.5, 0.6) is 5.75 Å². The minimum atomic E-state index is -4.25. The van der Waals surface area contributed by atoms with Crippen molar-refractivity contribution in [3.63, 3.8) is 0 Å². The Morgan fingerprint density at radius 2 is 1.18 bits per heavy atom. The Morgan fingerprint density at radius 1 is 0.750 bits per heavy atom. The first-order valence-electron chi connectivity index (χ1n) is 10.8. The average Bonchev–Trinajstić information content (AvgIpc) is 2.65. The van der Waals surface area contributed by atoms with Gasteiger partial charge in [-0.05, 0) is 18.6 Å². The summed E-state index contributed by atoms with van der Waals surface area (Å²) in [5, 5.41) is 0. The Hall–Kier alpha value is 0.806. The van der Waals surface area contributed by atoms with E-state index in [1.54, 1.807) is 30.3 Å². The van der Waals surface area contributed by atoms with Gasteiger partial charge in [-0.3, -0.25) is 4.57 Å². The maximum atomic E-state index is 11.7. The maximum absolute atomic E-state index is 11.7. The van der Waals surface area contributed by atoms with E-state index in [2.05, 4.69) is 6.92 Å². The molecule has 28 heavy (non-hydrogen) atoms. The van der Waals surface area contributed by atoms with E-state index in [0.717, 1.165) is 19.3 Å². The molecule has 0 amide bonds. The van der Waals surface area contributed by atoms with Crippen molar-refractivity contribution in [1.29, 1.82) is 0 Å². The van der Waals surface area contributed by atoms with Gasteiger partial charge in [-0.15, -0.1) is 0 Å². The molecule has 1 aromatic rings. The molecule has 0 heterocycles. The van der Waals surface area contributed by atoms with Crippen molar-refractivity contribution in [3.8, 4) is 5.75 Å². The molecular formula is C22H38KO4P. The van der Waals surface area contributed by atoms with Crippen molar-refractivity contribution < 1.29 is 69.9 Å². The van der Waals surface area contributed by atoms with Gasteiger partial charge in [0.05, 0.1) is 6.61 Å². The summed E-state index contributed by atoms with van der Waals surface area (Å²) in [4.78, 5) is 11.7. The molecule has 0 saturated heterocycles. The number of phosphoric ester groups is 1. The third kappa shape index (κ3) is 17.6. The van der Waals surface area contributed by atoms with Crippen LogP contribution in [0.15, 0.2) is 30.3 Å². The van der Waals surface area contributed by atoms with Crippen LogP contribution in [0.4, 0.5) is 0 Å². The number of para-hydroxylation sites is 1. The second-order valence-corrected chi connectivity index (χ2v) is 8.62. The van der Waals surface area contributed by atoms with Crippen LogP contribution in [-0.2, 0) is 9.09 Å².